The Morgan fingerprint density at radius 3 is 2.44 bits per heavy atom. The zero-order valence-corrected chi connectivity index (χ0v) is 11.2. The smallest absolute Gasteiger partial charge is 0.249 e. The molecule has 1 N–H and O–H groups in total. The van der Waals surface area contributed by atoms with Crippen LogP contribution in [0.3, 0.4) is 0 Å². The summed E-state index contributed by atoms with van der Waals surface area (Å²) in [5, 5.41) is 2.97. The number of piperazine rings is 1. The van der Waals surface area contributed by atoms with Crippen LogP contribution in [0, 0.1) is 5.92 Å². The molecule has 4 heteroatoms. The van der Waals surface area contributed by atoms with Gasteiger partial charge >= 0.3 is 0 Å². The van der Waals surface area contributed by atoms with Crippen LogP contribution in [0.4, 0.5) is 0 Å². The largest absolute Gasteiger partial charge is 0.340 e. The third-order valence-corrected chi connectivity index (χ3v) is 4.24. The van der Waals surface area contributed by atoms with Gasteiger partial charge in [-0.1, -0.05) is 19.9 Å². The van der Waals surface area contributed by atoms with E-state index in [-0.39, 0.29) is 17.9 Å². The summed E-state index contributed by atoms with van der Waals surface area (Å²) < 4.78 is 0. The molecule has 1 heterocycles. The molecule has 1 unspecified atom stereocenters. The van der Waals surface area contributed by atoms with Gasteiger partial charge in [-0.25, -0.2) is 0 Å². The highest BCUT2D eigenvalue weighted by Gasteiger charge is 2.52. The van der Waals surface area contributed by atoms with Crippen LogP contribution < -0.4 is 5.32 Å². The Kier molecular flexibility index (Phi) is 3.46. The third-order valence-electron chi connectivity index (χ3n) is 4.24. The lowest BCUT2D eigenvalue weighted by Crippen LogP contribution is -2.70. The summed E-state index contributed by atoms with van der Waals surface area (Å²) in [6.45, 7) is 8.07. The monoisotopic (exact) mass is 250 g/mol. The number of hydrogen-bond donors (Lipinski definition) is 1. The molecule has 4 nitrogen and oxygen atoms in total. The van der Waals surface area contributed by atoms with Gasteiger partial charge in [0.1, 0.15) is 11.6 Å². The predicted molar refractivity (Wildman–Crippen MR) is 69.9 cm³/mol. The van der Waals surface area contributed by atoms with Gasteiger partial charge in [-0.2, -0.15) is 0 Å². The van der Waals surface area contributed by atoms with Crippen LogP contribution in [0.2, 0.25) is 0 Å². The highest BCUT2D eigenvalue weighted by molar-refractivity contribution is 6.00. The first kappa shape index (κ1) is 13.1. The minimum Gasteiger partial charge on any atom is -0.340 e. The lowest BCUT2D eigenvalue weighted by Gasteiger charge is -2.45. The van der Waals surface area contributed by atoms with Gasteiger partial charge in [0, 0.05) is 6.54 Å². The summed E-state index contributed by atoms with van der Waals surface area (Å²) in [5.74, 6) is 0.423. The summed E-state index contributed by atoms with van der Waals surface area (Å²) in [6, 6.07) is -0.276. The molecule has 1 saturated heterocycles. The second kappa shape index (κ2) is 4.75. The topological polar surface area (TPSA) is 49.4 Å². The number of carbonyl (C=O) groups is 2. The minimum atomic E-state index is -0.703. The first-order valence-corrected chi connectivity index (χ1v) is 6.83. The van der Waals surface area contributed by atoms with Gasteiger partial charge in [-0.15, -0.1) is 6.58 Å². The Morgan fingerprint density at radius 1 is 1.39 bits per heavy atom. The average molecular weight is 250 g/mol. The van der Waals surface area contributed by atoms with Crippen LogP contribution in [0.5, 0.6) is 0 Å². The summed E-state index contributed by atoms with van der Waals surface area (Å²) in [5.41, 5.74) is -0.703. The SMILES string of the molecule is C=CCN1C(=O)C(CC)(CC)NC(=O)C1C1CC1. The van der Waals surface area contributed by atoms with Crippen molar-refractivity contribution in [1.82, 2.24) is 10.2 Å². The molecular weight excluding hydrogens is 228 g/mol. The summed E-state index contributed by atoms with van der Waals surface area (Å²) in [7, 11) is 0. The van der Waals surface area contributed by atoms with E-state index in [4.69, 9.17) is 0 Å². The highest BCUT2D eigenvalue weighted by atomic mass is 16.2. The van der Waals surface area contributed by atoms with Crippen LogP contribution in [0.1, 0.15) is 39.5 Å². The van der Waals surface area contributed by atoms with E-state index >= 15 is 0 Å². The molecule has 0 bridgehead atoms. The van der Waals surface area contributed by atoms with Crippen molar-refractivity contribution in [2.45, 2.75) is 51.1 Å². The molecule has 0 spiro atoms. The van der Waals surface area contributed by atoms with Crippen molar-refractivity contribution in [2.75, 3.05) is 6.54 Å². The van der Waals surface area contributed by atoms with Crippen molar-refractivity contribution >= 4 is 11.8 Å². The minimum absolute atomic E-state index is 0.0163. The van der Waals surface area contributed by atoms with Crippen molar-refractivity contribution in [3.05, 3.63) is 12.7 Å². The van der Waals surface area contributed by atoms with Gasteiger partial charge < -0.3 is 10.2 Å². The quantitative estimate of drug-likeness (QED) is 0.751. The molecule has 1 aliphatic carbocycles. The molecule has 18 heavy (non-hydrogen) atoms. The fourth-order valence-corrected chi connectivity index (χ4v) is 2.85. The van der Waals surface area contributed by atoms with Crippen LogP contribution in [0.15, 0.2) is 12.7 Å². The molecule has 1 atom stereocenters. The van der Waals surface area contributed by atoms with Gasteiger partial charge in [0.15, 0.2) is 0 Å². The van der Waals surface area contributed by atoms with Crippen LogP contribution in [-0.2, 0) is 9.59 Å². The van der Waals surface area contributed by atoms with E-state index in [9.17, 15) is 9.59 Å². The zero-order chi connectivity index (χ0) is 13.3. The molecule has 100 valence electrons. The maximum Gasteiger partial charge on any atom is 0.249 e. The summed E-state index contributed by atoms with van der Waals surface area (Å²) >= 11 is 0. The lowest BCUT2D eigenvalue weighted by molar-refractivity contribution is -0.155. The van der Waals surface area contributed by atoms with Gasteiger partial charge in [0.05, 0.1) is 0 Å². The molecule has 2 aliphatic rings. The van der Waals surface area contributed by atoms with Gasteiger partial charge in [-0.3, -0.25) is 9.59 Å². The molecule has 1 saturated carbocycles. The number of nitrogens with zero attached hydrogens (tertiary/aromatic N) is 1. The number of hydrogen-bond acceptors (Lipinski definition) is 2. The standard InChI is InChI=1S/C14H22N2O2/c1-4-9-16-11(10-7-8-10)12(17)15-14(5-2,6-3)13(16)18/h4,10-11H,1,5-9H2,2-3H3,(H,15,17). The zero-order valence-electron chi connectivity index (χ0n) is 11.2. The fourth-order valence-electron chi connectivity index (χ4n) is 2.85. The first-order valence-electron chi connectivity index (χ1n) is 6.83. The number of nitrogens with one attached hydrogen (secondary N) is 1. The Bertz CT molecular complexity index is 370. The Morgan fingerprint density at radius 2 is 2.00 bits per heavy atom. The maximum absolute atomic E-state index is 12.7. The molecule has 0 aromatic heterocycles. The van der Waals surface area contributed by atoms with Gasteiger partial charge in [0.25, 0.3) is 0 Å². The van der Waals surface area contributed by atoms with E-state index in [0.29, 0.717) is 25.3 Å². The Hall–Kier alpha value is -1.32. The first-order chi connectivity index (χ1) is 8.59. The third kappa shape index (κ3) is 1.93. The van der Waals surface area contributed by atoms with Crippen molar-refractivity contribution in [2.24, 2.45) is 5.92 Å². The fraction of sp³-hybridized carbons (Fsp3) is 0.714. The van der Waals surface area contributed by atoms with Crippen LogP contribution in [-0.4, -0.2) is 34.8 Å². The Labute approximate surface area is 108 Å². The molecule has 0 aromatic rings. The second-order valence-corrected chi connectivity index (χ2v) is 5.31. The molecule has 0 radical (unpaired) electrons. The van der Waals surface area contributed by atoms with Gasteiger partial charge in [0.2, 0.25) is 11.8 Å². The molecule has 1 aliphatic heterocycles. The molecule has 2 rings (SSSR count). The Balaban J connectivity index is 2.31. The van der Waals surface area contributed by atoms with Crippen molar-refractivity contribution in [1.29, 1.82) is 0 Å². The number of carbonyl (C=O) groups excluding carboxylic acids is 2. The molecule has 2 fully saturated rings. The number of amides is 2. The van der Waals surface area contributed by atoms with Gasteiger partial charge in [-0.05, 0) is 31.6 Å². The predicted octanol–water partition coefficient (Wildman–Crippen LogP) is 1.47. The average Bonchev–Trinajstić information content (AvgIpc) is 3.18. The summed E-state index contributed by atoms with van der Waals surface area (Å²) in [6.07, 6.45) is 5.08. The van der Waals surface area contributed by atoms with E-state index in [1.165, 1.54) is 0 Å². The van der Waals surface area contributed by atoms with E-state index < -0.39 is 5.54 Å². The highest BCUT2D eigenvalue weighted by Crippen LogP contribution is 2.39. The van der Waals surface area contributed by atoms with Crippen LogP contribution in [0.25, 0.3) is 0 Å². The normalized spacial score (nSPS) is 27.0. The second-order valence-electron chi connectivity index (χ2n) is 5.31. The number of rotatable bonds is 5. The van der Waals surface area contributed by atoms with E-state index in [1.807, 2.05) is 13.8 Å². The summed E-state index contributed by atoms with van der Waals surface area (Å²) in [4.78, 5) is 26.7. The van der Waals surface area contributed by atoms with Crippen molar-refractivity contribution in [3.63, 3.8) is 0 Å². The van der Waals surface area contributed by atoms with E-state index in [1.54, 1.807) is 11.0 Å². The van der Waals surface area contributed by atoms with Crippen molar-refractivity contribution in [3.8, 4) is 0 Å². The van der Waals surface area contributed by atoms with E-state index in [2.05, 4.69) is 11.9 Å². The van der Waals surface area contributed by atoms with Crippen LogP contribution >= 0.6 is 0 Å². The molecule has 0 aromatic carbocycles. The molecular formula is C14H22N2O2. The maximum atomic E-state index is 12.7. The molecule has 2 amide bonds. The van der Waals surface area contributed by atoms with E-state index in [0.717, 1.165) is 12.8 Å². The van der Waals surface area contributed by atoms with Crippen molar-refractivity contribution < 1.29 is 9.59 Å². The lowest BCUT2D eigenvalue weighted by atomic mass is 9.86.